The van der Waals surface area contributed by atoms with Gasteiger partial charge in [0, 0.05) is 40.7 Å². The number of hydrogen-bond donors (Lipinski definition) is 0. The standard InChI is InChI=1S/C14H17NO4.C3H8S.6CO.2Fe/c1-2-18-14(17)13-12(9-16)10-19-15(13)8-11-6-4-3-5-7-11;1-2-3-4;6*1-2;;/h3-7,12-13,16H,2,8,10H2,1H3;4H,2-3H2,1H3;;;;;;;;/p+1/t12-,13-;;;;;;;;;/m0........./s1. The molecule has 1 heterocycles. The molecular formula is C23H26Fe2NO10S+. The van der Waals surface area contributed by atoms with E-state index in [9.17, 15) is 4.79 Å². The van der Waals surface area contributed by atoms with Gasteiger partial charge in [0.1, 0.15) is 11.8 Å². The molecule has 0 unspecified atom stereocenters. The van der Waals surface area contributed by atoms with Gasteiger partial charge < -0.3 is 9.53 Å². The molecule has 14 heteroatoms. The van der Waals surface area contributed by atoms with Gasteiger partial charge in [-0.15, -0.1) is 0 Å². The molecule has 1 aromatic carbocycles. The topological polar surface area (TPSA) is 180 Å². The van der Waals surface area contributed by atoms with E-state index >= 15 is 0 Å². The summed E-state index contributed by atoms with van der Waals surface area (Å²) in [7, 11) is 0. The van der Waals surface area contributed by atoms with Crippen LogP contribution in [0.1, 0.15) is 25.8 Å². The van der Waals surface area contributed by atoms with Gasteiger partial charge in [0.25, 0.3) is 0 Å². The molecule has 204 valence electrons. The van der Waals surface area contributed by atoms with E-state index in [0.717, 1.165) is 11.3 Å². The van der Waals surface area contributed by atoms with Crippen molar-refractivity contribution in [2.24, 2.45) is 5.92 Å². The molecule has 1 saturated heterocycles. The zero-order valence-corrected chi connectivity index (χ0v) is 23.1. The third-order valence-electron chi connectivity index (χ3n) is 3.24. The number of rotatable bonds is 6. The summed E-state index contributed by atoms with van der Waals surface area (Å²) in [4.78, 5) is 26.4. The Hall–Kier alpha value is -1.89. The van der Waals surface area contributed by atoms with Crippen molar-refractivity contribution in [3.05, 3.63) is 75.8 Å². The second kappa shape index (κ2) is 54.9. The van der Waals surface area contributed by atoms with E-state index in [4.69, 9.17) is 42.3 Å². The molecule has 0 spiro atoms. The van der Waals surface area contributed by atoms with Crippen LogP contribution < -0.4 is 0 Å². The van der Waals surface area contributed by atoms with E-state index < -0.39 is 17.9 Å². The fourth-order valence-corrected chi connectivity index (χ4v) is 2.07. The predicted octanol–water partition coefficient (Wildman–Crippen LogP) is 1.21. The Labute approximate surface area is 244 Å². The number of ether oxygens (including phenoxy) is 1. The zero-order chi connectivity index (χ0) is 29.1. The zero-order valence-electron chi connectivity index (χ0n) is 19.9. The maximum absolute atomic E-state index is 11.9. The van der Waals surface area contributed by atoms with Gasteiger partial charge >= 0.3 is 73.8 Å². The van der Waals surface area contributed by atoms with Gasteiger partial charge in [-0.25, -0.2) is 0 Å². The second-order valence-corrected chi connectivity index (χ2v) is 5.54. The first kappa shape index (κ1) is 55.6. The smallest absolute Gasteiger partial charge is 0 e. The maximum atomic E-state index is 11.9. The van der Waals surface area contributed by atoms with Gasteiger partial charge in [-0.05, 0) is 43.7 Å². The Morgan fingerprint density at radius 3 is 1.73 bits per heavy atom. The summed E-state index contributed by atoms with van der Waals surface area (Å²) in [6.07, 6.45) is 3.33. The number of hydroxylamine groups is 2. The third-order valence-corrected chi connectivity index (χ3v) is 3.74. The van der Waals surface area contributed by atoms with Crippen molar-refractivity contribution in [2.75, 3.05) is 19.0 Å². The van der Waals surface area contributed by atoms with Crippen molar-refractivity contribution in [2.45, 2.75) is 32.9 Å². The fraction of sp³-hybridized carbons (Fsp3) is 0.391. The van der Waals surface area contributed by atoms with Gasteiger partial charge in [0.05, 0.1) is 13.2 Å². The Bertz CT molecular complexity index is 676. The summed E-state index contributed by atoms with van der Waals surface area (Å²) >= 11 is 3.29. The van der Waals surface area contributed by atoms with Crippen molar-refractivity contribution in [1.82, 2.24) is 5.06 Å². The van der Waals surface area contributed by atoms with Crippen LogP contribution in [0.15, 0.2) is 30.3 Å². The molecule has 1 aliphatic rings. The van der Waals surface area contributed by atoms with Gasteiger partial charge in [-0.3, -0.25) is 9.63 Å². The van der Waals surface area contributed by atoms with Crippen LogP contribution >= 0.6 is 0 Å². The molecule has 0 amide bonds. The molecule has 2 rings (SSSR count). The average Bonchev–Trinajstić information content (AvgIpc) is 3.38. The molecule has 0 radical (unpaired) electrons. The minimum atomic E-state index is -0.648. The normalized spacial score (nSPS) is 13.1. The number of carbonyl (C=O) groups excluding carboxylic acids is 2. The van der Waals surface area contributed by atoms with Crippen molar-refractivity contribution in [3.63, 3.8) is 0 Å². The van der Waals surface area contributed by atoms with Crippen molar-refractivity contribution >= 4 is 24.9 Å². The van der Waals surface area contributed by atoms with Gasteiger partial charge in [-0.2, -0.15) is 5.06 Å². The van der Waals surface area contributed by atoms with Gasteiger partial charge in [-0.1, -0.05) is 37.3 Å². The summed E-state index contributed by atoms with van der Waals surface area (Å²) in [5, 5.41) is 1.54. The van der Waals surface area contributed by atoms with Gasteiger partial charge in [0.15, 0.2) is 0 Å². The number of esters is 1. The third kappa shape index (κ3) is 32.1. The van der Waals surface area contributed by atoms with E-state index in [-0.39, 0.29) is 40.7 Å². The van der Waals surface area contributed by atoms with E-state index in [1.165, 1.54) is 6.42 Å². The van der Waals surface area contributed by atoms with Crippen molar-refractivity contribution < 1.29 is 81.2 Å². The molecule has 0 aliphatic carbocycles. The van der Waals surface area contributed by atoms with E-state index in [1.807, 2.05) is 30.3 Å². The first-order valence-corrected chi connectivity index (χ1v) is 9.75. The molecule has 1 aliphatic heterocycles. The predicted molar refractivity (Wildman–Crippen MR) is 118 cm³/mol. The molecule has 11 nitrogen and oxygen atoms in total. The Morgan fingerprint density at radius 2 is 1.41 bits per heavy atom. The molecule has 37 heavy (non-hydrogen) atoms. The van der Waals surface area contributed by atoms with Crippen LogP contribution in [0.5, 0.6) is 0 Å². The first-order chi connectivity index (χ1) is 17.2. The summed E-state index contributed by atoms with van der Waals surface area (Å²) in [6.45, 7) is 31.9. The number of hydrogen-bond acceptors (Lipinski definition) is 4. The van der Waals surface area contributed by atoms with Crippen LogP contribution in [0.4, 0.5) is 0 Å². The molecule has 2 atom stereocenters. The summed E-state index contributed by atoms with van der Waals surface area (Å²) in [6, 6.07) is 9.02. The quantitative estimate of drug-likeness (QED) is 0.201. The molecule has 1 N–H and O–H groups in total. The summed E-state index contributed by atoms with van der Waals surface area (Å²) in [5.74, 6) is 0.241. The monoisotopic (exact) mass is 620 g/mol. The Morgan fingerprint density at radius 1 is 1.00 bits per heavy atom. The number of carbonyl (C=O) groups is 1. The Kier molecular flexibility index (Phi) is 82.4. The van der Waals surface area contributed by atoms with Crippen LogP contribution in [-0.4, -0.2) is 47.1 Å². The molecule has 1 fully saturated rings. The summed E-state index contributed by atoms with van der Waals surface area (Å²) < 4.78 is 50.0. The van der Waals surface area contributed by atoms with Crippen LogP contribution in [0, 0.1) is 45.8 Å². The van der Waals surface area contributed by atoms with E-state index in [1.54, 1.807) is 12.0 Å². The second-order valence-electron chi connectivity index (χ2n) is 5.04. The maximum Gasteiger partial charge on any atom is 0 e. The number of benzene rings is 1. The van der Waals surface area contributed by atoms with Crippen LogP contribution in [-0.2, 0) is 95.6 Å². The number of nitrogens with zero attached hydrogens (tertiary/aromatic N) is 1. The van der Waals surface area contributed by atoms with Crippen molar-refractivity contribution in [3.8, 4) is 0 Å². The fourth-order valence-electron chi connectivity index (χ4n) is 2.07. The average molecular weight is 620 g/mol. The molecule has 0 aromatic heterocycles. The minimum Gasteiger partial charge on any atom is 0 e. The van der Waals surface area contributed by atoms with Crippen LogP contribution in [0.25, 0.3) is 0 Å². The molecular weight excluding hydrogens is 594 g/mol. The first-order valence-electron chi connectivity index (χ1n) is 9.04. The summed E-state index contributed by atoms with van der Waals surface area (Å²) in [5.41, 5.74) is 1.02. The Balaban J connectivity index is -0.0000000664. The largest absolute Gasteiger partial charge is 0 e. The van der Waals surface area contributed by atoms with E-state index in [0.29, 0.717) is 13.2 Å². The van der Waals surface area contributed by atoms with Crippen LogP contribution in [0.2, 0.25) is 0 Å². The molecule has 0 bridgehead atoms. The molecule has 0 saturated carbocycles. The SMILES string of the molecule is CCC[SH2+].CCOC(=O)[C@@H]1[C@@H]([C-]=[OH+])CON1Cc1ccccc1.[C-]#[O+].[C-]#[O+].[C-]#[O+].[C-]#[O+].[C-]#[O+].[C-]#[O+].[Fe].[Fe]. The van der Waals surface area contributed by atoms with Crippen LogP contribution in [0.3, 0.4) is 0 Å². The van der Waals surface area contributed by atoms with E-state index in [2.05, 4.69) is 65.7 Å². The van der Waals surface area contributed by atoms with Gasteiger partial charge in [0.2, 0.25) is 0 Å². The minimum absolute atomic E-state index is 0. The molecule has 1 aromatic rings. The van der Waals surface area contributed by atoms with Crippen molar-refractivity contribution in [1.29, 1.82) is 0 Å².